The summed E-state index contributed by atoms with van der Waals surface area (Å²) in [7, 11) is 1.59. The standard InChI is InChI=1S/C15H16ClFN2O/c1-9-3-6-14(20-2)12(7-9)15(19-18)11-5-4-10(17)8-13(11)16/h3-8,15,19H,18H2,1-2H3. The highest BCUT2D eigenvalue weighted by Gasteiger charge is 2.20. The number of hydrogen-bond acceptors (Lipinski definition) is 3. The van der Waals surface area contributed by atoms with Crippen LogP contribution in [0.2, 0.25) is 5.02 Å². The van der Waals surface area contributed by atoms with E-state index < -0.39 is 0 Å². The van der Waals surface area contributed by atoms with Crippen LogP contribution in [0.5, 0.6) is 5.75 Å². The van der Waals surface area contributed by atoms with Crippen LogP contribution >= 0.6 is 11.6 Å². The third kappa shape index (κ3) is 2.93. The molecule has 3 nitrogen and oxygen atoms in total. The first kappa shape index (κ1) is 14.8. The van der Waals surface area contributed by atoms with E-state index in [-0.39, 0.29) is 11.9 Å². The highest BCUT2D eigenvalue weighted by molar-refractivity contribution is 6.31. The van der Waals surface area contributed by atoms with Crippen molar-refractivity contribution in [2.24, 2.45) is 5.84 Å². The first-order valence-electron chi connectivity index (χ1n) is 6.12. The molecular weight excluding hydrogens is 279 g/mol. The molecule has 2 rings (SSSR count). The Bertz CT molecular complexity index is 619. The summed E-state index contributed by atoms with van der Waals surface area (Å²) in [4.78, 5) is 0. The molecule has 0 saturated carbocycles. The molecule has 0 heterocycles. The number of methoxy groups -OCH3 is 1. The molecule has 3 N–H and O–H groups in total. The predicted octanol–water partition coefficient (Wildman–Crippen LogP) is 3.35. The molecule has 1 atom stereocenters. The summed E-state index contributed by atoms with van der Waals surface area (Å²) in [5.74, 6) is 5.97. The molecule has 0 spiro atoms. The molecule has 1 unspecified atom stereocenters. The Hall–Kier alpha value is -1.62. The van der Waals surface area contributed by atoms with Crippen LogP contribution in [0.4, 0.5) is 4.39 Å². The van der Waals surface area contributed by atoms with Crippen molar-refractivity contribution in [3.63, 3.8) is 0 Å². The quantitative estimate of drug-likeness (QED) is 0.671. The van der Waals surface area contributed by atoms with E-state index in [0.717, 1.165) is 11.1 Å². The van der Waals surface area contributed by atoms with Crippen LogP contribution in [0.3, 0.4) is 0 Å². The average molecular weight is 295 g/mol. The summed E-state index contributed by atoms with van der Waals surface area (Å²) in [5, 5.41) is 0.316. The van der Waals surface area contributed by atoms with Crippen molar-refractivity contribution in [3.8, 4) is 5.75 Å². The van der Waals surface area contributed by atoms with Crippen LogP contribution in [0, 0.1) is 12.7 Å². The molecule has 0 aliphatic carbocycles. The minimum atomic E-state index is -0.384. The lowest BCUT2D eigenvalue weighted by atomic mass is 9.96. The van der Waals surface area contributed by atoms with Gasteiger partial charge in [0.25, 0.3) is 0 Å². The van der Waals surface area contributed by atoms with E-state index in [1.54, 1.807) is 13.2 Å². The lowest BCUT2D eigenvalue weighted by Crippen LogP contribution is -2.29. The molecular formula is C15H16ClFN2O. The summed E-state index contributed by atoms with van der Waals surface area (Å²) in [6.07, 6.45) is 0. The fourth-order valence-electron chi connectivity index (χ4n) is 2.16. The second-order valence-electron chi connectivity index (χ2n) is 4.51. The zero-order valence-corrected chi connectivity index (χ0v) is 12.0. The van der Waals surface area contributed by atoms with Gasteiger partial charge in [0.2, 0.25) is 0 Å². The van der Waals surface area contributed by atoms with E-state index in [9.17, 15) is 4.39 Å². The molecule has 20 heavy (non-hydrogen) atoms. The Morgan fingerprint density at radius 1 is 1.20 bits per heavy atom. The maximum Gasteiger partial charge on any atom is 0.124 e. The zero-order chi connectivity index (χ0) is 14.7. The van der Waals surface area contributed by atoms with Crippen LogP contribution < -0.4 is 16.0 Å². The largest absolute Gasteiger partial charge is 0.496 e. The van der Waals surface area contributed by atoms with E-state index in [2.05, 4.69) is 5.43 Å². The highest BCUT2D eigenvalue weighted by Crippen LogP contribution is 2.34. The van der Waals surface area contributed by atoms with Gasteiger partial charge in [-0.1, -0.05) is 35.4 Å². The summed E-state index contributed by atoms with van der Waals surface area (Å²) >= 11 is 6.11. The summed E-state index contributed by atoms with van der Waals surface area (Å²) < 4.78 is 18.5. The molecule has 0 aliphatic heterocycles. The fourth-order valence-corrected chi connectivity index (χ4v) is 2.44. The lowest BCUT2D eigenvalue weighted by molar-refractivity contribution is 0.404. The molecule has 106 valence electrons. The predicted molar refractivity (Wildman–Crippen MR) is 78.3 cm³/mol. The molecule has 0 saturated heterocycles. The van der Waals surface area contributed by atoms with Crippen LogP contribution in [-0.2, 0) is 0 Å². The van der Waals surface area contributed by atoms with Crippen molar-refractivity contribution in [2.45, 2.75) is 13.0 Å². The highest BCUT2D eigenvalue weighted by atomic mass is 35.5. The van der Waals surface area contributed by atoms with Gasteiger partial charge in [-0.25, -0.2) is 9.82 Å². The van der Waals surface area contributed by atoms with E-state index in [0.29, 0.717) is 16.3 Å². The van der Waals surface area contributed by atoms with E-state index >= 15 is 0 Å². The van der Waals surface area contributed by atoms with Gasteiger partial charge in [-0.15, -0.1) is 0 Å². The molecule has 2 aromatic rings. The molecule has 0 fully saturated rings. The summed E-state index contributed by atoms with van der Waals surface area (Å²) in [6, 6.07) is 9.64. The molecule has 0 aromatic heterocycles. The summed E-state index contributed by atoms with van der Waals surface area (Å²) in [5.41, 5.74) is 5.32. The van der Waals surface area contributed by atoms with Crippen molar-refractivity contribution in [3.05, 3.63) is 63.9 Å². The van der Waals surface area contributed by atoms with Gasteiger partial charge in [0.05, 0.1) is 13.2 Å². The number of halogens is 2. The molecule has 0 radical (unpaired) electrons. The number of benzene rings is 2. The third-order valence-electron chi connectivity index (χ3n) is 3.14. The number of hydrogen-bond donors (Lipinski definition) is 2. The second kappa shape index (κ2) is 6.22. The number of rotatable bonds is 4. The van der Waals surface area contributed by atoms with Crippen LogP contribution in [-0.4, -0.2) is 7.11 Å². The Kier molecular flexibility index (Phi) is 4.60. The van der Waals surface area contributed by atoms with Crippen molar-refractivity contribution >= 4 is 11.6 Å². The molecule has 0 aliphatic rings. The smallest absolute Gasteiger partial charge is 0.124 e. The van der Waals surface area contributed by atoms with Crippen LogP contribution in [0.15, 0.2) is 36.4 Å². The minimum Gasteiger partial charge on any atom is -0.496 e. The molecule has 0 amide bonds. The number of aryl methyl sites for hydroxylation is 1. The van der Waals surface area contributed by atoms with Crippen molar-refractivity contribution < 1.29 is 9.13 Å². The van der Waals surface area contributed by atoms with E-state index in [1.807, 2.05) is 25.1 Å². The molecule has 2 aromatic carbocycles. The SMILES string of the molecule is COc1ccc(C)cc1C(NN)c1ccc(F)cc1Cl. The first-order valence-corrected chi connectivity index (χ1v) is 6.50. The Morgan fingerprint density at radius 2 is 1.95 bits per heavy atom. The van der Waals surface area contributed by atoms with Gasteiger partial charge in [0, 0.05) is 10.6 Å². The van der Waals surface area contributed by atoms with Crippen molar-refractivity contribution in [1.82, 2.24) is 5.43 Å². The minimum absolute atomic E-state index is 0.316. The van der Waals surface area contributed by atoms with Crippen molar-refractivity contribution in [1.29, 1.82) is 0 Å². The Labute approximate surface area is 122 Å². The van der Waals surface area contributed by atoms with E-state index in [1.165, 1.54) is 12.1 Å². The number of hydrazine groups is 1. The van der Waals surface area contributed by atoms with Gasteiger partial charge >= 0.3 is 0 Å². The fraction of sp³-hybridized carbons (Fsp3) is 0.200. The van der Waals surface area contributed by atoms with Crippen LogP contribution in [0.1, 0.15) is 22.7 Å². The number of ether oxygens (including phenoxy) is 1. The lowest BCUT2D eigenvalue weighted by Gasteiger charge is -2.21. The topological polar surface area (TPSA) is 47.3 Å². The van der Waals surface area contributed by atoms with Gasteiger partial charge in [-0.05, 0) is 30.7 Å². The maximum atomic E-state index is 13.2. The average Bonchev–Trinajstić information content (AvgIpc) is 2.42. The van der Waals surface area contributed by atoms with Crippen molar-refractivity contribution in [2.75, 3.05) is 7.11 Å². The summed E-state index contributed by atoms with van der Waals surface area (Å²) in [6.45, 7) is 1.97. The maximum absolute atomic E-state index is 13.2. The monoisotopic (exact) mass is 294 g/mol. The van der Waals surface area contributed by atoms with Crippen LogP contribution in [0.25, 0.3) is 0 Å². The first-order chi connectivity index (χ1) is 9.56. The normalized spacial score (nSPS) is 12.2. The Morgan fingerprint density at radius 3 is 2.55 bits per heavy atom. The number of nitrogens with one attached hydrogen (secondary N) is 1. The second-order valence-corrected chi connectivity index (χ2v) is 4.92. The van der Waals surface area contributed by atoms with Gasteiger partial charge in [-0.2, -0.15) is 0 Å². The number of nitrogens with two attached hydrogens (primary N) is 1. The zero-order valence-electron chi connectivity index (χ0n) is 11.3. The van der Waals surface area contributed by atoms with Gasteiger partial charge < -0.3 is 4.74 Å². The Balaban J connectivity index is 2.54. The van der Waals surface area contributed by atoms with Gasteiger partial charge in [0.1, 0.15) is 11.6 Å². The molecule has 5 heteroatoms. The molecule has 0 bridgehead atoms. The van der Waals surface area contributed by atoms with Gasteiger partial charge in [-0.3, -0.25) is 5.84 Å². The van der Waals surface area contributed by atoms with E-state index in [4.69, 9.17) is 22.2 Å². The third-order valence-corrected chi connectivity index (χ3v) is 3.46. The van der Waals surface area contributed by atoms with Gasteiger partial charge in [0.15, 0.2) is 0 Å².